The number of fused-ring (bicyclic) bond motifs is 1. The highest BCUT2D eigenvalue weighted by Crippen LogP contribution is 2.33. The van der Waals surface area contributed by atoms with Gasteiger partial charge >= 0.3 is 6.18 Å². The van der Waals surface area contributed by atoms with Gasteiger partial charge in [0.25, 0.3) is 5.91 Å². The van der Waals surface area contributed by atoms with Crippen LogP contribution in [0, 0.1) is 34.6 Å². The van der Waals surface area contributed by atoms with E-state index >= 15 is 0 Å². The molecule has 1 amide bonds. The minimum absolute atomic E-state index is 0.0771. The first-order valence-electron chi connectivity index (χ1n) is 12.4. The van der Waals surface area contributed by atoms with Gasteiger partial charge in [0.2, 0.25) is 0 Å². The zero-order chi connectivity index (χ0) is 28.1. The number of anilines is 1. The van der Waals surface area contributed by atoms with Gasteiger partial charge in [-0.1, -0.05) is 42.0 Å². The van der Waals surface area contributed by atoms with E-state index in [4.69, 9.17) is 0 Å². The minimum atomic E-state index is -4.71. The Morgan fingerprint density at radius 1 is 0.897 bits per heavy atom. The average molecular weight is 533 g/mol. The maximum atomic E-state index is 14.0. The summed E-state index contributed by atoms with van der Waals surface area (Å²) in [4.78, 5) is 17.6. The third-order valence-electron chi connectivity index (χ3n) is 6.83. The monoisotopic (exact) mass is 532 g/mol. The van der Waals surface area contributed by atoms with Crippen LogP contribution in [0.4, 0.5) is 18.9 Å². The van der Waals surface area contributed by atoms with E-state index in [0.29, 0.717) is 28.0 Å². The number of halogens is 3. The van der Waals surface area contributed by atoms with Crippen molar-refractivity contribution in [3.05, 3.63) is 99.6 Å². The fourth-order valence-electron chi connectivity index (χ4n) is 4.41. The number of amides is 1. The first kappa shape index (κ1) is 26.1. The normalized spacial score (nSPS) is 11.8. The number of hydrogen-bond donors (Lipinski definition) is 1. The fourth-order valence-corrected chi connectivity index (χ4v) is 4.41. The van der Waals surface area contributed by atoms with Gasteiger partial charge in [-0.3, -0.25) is 9.48 Å². The summed E-state index contributed by atoms with van der Waals surface area (Å²) in [7, 11) is 0. The van der Waals surface area contributed by atoms with Crippen LogP contribution in [-0.2, 0) is 12.7 Å². The predicted molar refractivity (Wildman–Crippen MR) is 143 cm³/mol. The maximum absolute atomic E-state index is 14.0. The smallest absolute Gasteiger partial charge is 0.317 e. The summed E-state index contributed by atoms with van der Waals surface area (Å²) in [5, 5.41) is 11.3. The lowest BCUT2D eigenvalue weighted by atomic mass is 10.0. The second kappa shape index (κ2) is 9.68. The first-order valence-corrected chi connectivity index (χ1v) is 12.4. The van der Waals surface area contributed by atoms with Crippen molar-refractivity contribution >= 4 is 17.2 Å². The summed E-state index contributed by atoms with van der Waals surface area (Å²) >= 11 is 0. The van der Waals surface area contributed by atoms with Crippen molar-refractivity contribution in [1.29, 1.82) is 0 Å². The summed E-state index contributed by atoms with van der Waals surface area (Å²) in [5.74, 6) is -0.651. The standard InChI is InChI=1S/C29H27F3N6O/c1-16-6-9-21(10-7-16)15-37-20(5)27(19(4)35-37)34-28(39)24-14-26-33-23(22-11-8-17(2)18(3)12-22)13-25(29(30,31)32)38(26)36-24/h6-14H,15H2,1-5H3,(H,34,39). The van der Waals surface area contributed by atoms with Gasteiger partial charge in [0.15, 0.2) is 17.0 Å². The number of aromatic nitrogens is 5. The van der Waals surface area contributed by atoms with E-state index in [2.05, 4.69) is 20.5 Å². The molecule has 0 aliphatic rings. The van der Waals surface area contributed by atoms with Crippen LogP contribution >= 0.6 is 0 Å². The lowest BCUT2D eigenvalue weighted by Crippen LogP contribution is -2.16. The molecule has 0 unspecified atom stereocenters. The molecule has 3 aromatic heterocycles. The van der Waals surface area contributed by atoms with E-state index in [9.17, 15) is 18.0 Å². The number of rotatable bonds is 5. The third kappa shape index (κ3) is 5.14. The van der Waals surface area contributed by atoms with Crippen molar-refractivity contribution in [2.24, 2.45) is 0 Å². The van der Waals surface area contributed by atoms with Crippen LogP contribution in [0.5, 0.6) is 0 Å². The molecule has 0 saturated heterocycles. The van der Waals surface area contributed by atoms with Crippen molar-refractivity contribution in [3.63, 3.8) is 0 Å². The number of hydrogen-bond acceptors (Lipinski definition) is 4. The highest BCUT2D eigenvalue weighted by Gasteiger charge is 2.36. The SMILES string of the molecule is Cc1ccc(Cn2nc(C)c(NC(=O)c3cc4nc(-c5ccc(C)c(C)c5)cc(C(F)(F)F)n4n3)c2C)cc1. The number of nitrogens with zero attached hydrogens (tertiary/aromatic N) is 5. The lowest BCUT2D eigenvalue weighted by Gasteiger charge is -2.11. The molecule has 0 bridgehead atoms. The van der Waals surface area contributed by atoms with Crippen LogP contribution in [0.25, 0.3) is 16.9 Å². The zero-order valence-electron chi connectivity index (χ0n) is 22.2. The Morgan fingerprint density at radius 2 is 1.62 bits per heavy atom. The second-order valence-corrected chi connectivity index (χ2v) is 9.77. The molecule has 0 aliphatic heterocycles. The number of nitrogens with one attached hydrogen (secondary N) is 1. The fraction of sp³-hybridized carbons (Fsp3) is 0.241. The molecule has 0 radical (unpaired) electrons. The molecule has 0 aliphatic carbocycles. The van der Waals surface area contributed by atoms with Gasteiger partial charge in [0, 0.05) is 11.6 Å². The highest BCUT2D eigenvalue weighted by molar-refractivity contribution is 6.04. The number of carbonyl (C=O) groups is 1. The average Bonchev–Trinajstić information content (AvgIpc) is 3.42. The van der Waals surface area contributed by atoms with Gasteiger partial charge in [0.05, 0.1) is 29.3 Å². The molecule has 5 aromatic rings. The molecule has 5 rings (SSSR count). The molecule has 0 fully saturated rings. The third-order valence-corrected chi connectivity index (χ3v) is 6.83. The summed E-state index contributed by atoms with van der Waals surface area (Å²) in [6.07, 6.45) is -4.71. The number of aryl methyl sites for hydroxylation is 4. The molecule has 0 atom stereocenters. The Hall–Kier alpha value is -4.47. The van der Waals surface area contributed by atoms with Crippen molar-refractivity contribution in [2.45, 2.75) is 47.3 Å². The molecule has 1 N–H and O–H groups in total. The summed E-state index contributed by atoms with van der Waals surface area (Å²) in [6, 6.07) is 15.6. The van der Waals surface area contributed by atoms with Crippen LogP contribution in [-0.4, -0.2) is 30.3 Å². The van der Waals surface area contributed by atoms with Crippen LogP contribution in [0.15, 0.2) is 54.6 Å². The second-order valence-electron chi connectivity index (χ2n) is 9.77. The Morgan fingerprint density at radius 3 is 2.28 bits per heavy atom. The van der Waals surface area contributed by atoms with E-state index in [1.165, 1.54) is 6.07 Å². The molecular weight excluding hydrogens is 505 g/mol. The van der Waals surface area contributed by atoms with Crippen molar-refractivity contribution in [1.82, 2.24) is 24.4 Å². The van der Waals surface area contributed by atoms with Gasteiger partial charge < -0.3 is 5.32 Å². The van der Waals surface area contributed by atoms with Gasteiger partial charge in [-0.15, -0.1) is 0 Å². The molecule has 10 heteroatoms. The lowest BCUT2D eigenvalue weighted by molar-refractivity contribution is -0.142. The topological polar surface area (TPSA) is 77.1 Å². The molecule has 2 aromatic carbocycles. The predicted octanol–water partition coefficient (Wildman–Crippen LogP) is 6.45. The Balaban J connectivity index is 1.48. The highest BCUT2D eigenvalue weighted by atomic mass is 19.4. The zero-order valence-corrected chi connectivity index (χ0v) is 22.2. The quantitative estimate of drug-likeness (QED) is 0.282. The maximum Gasteiger partial charge on any atom is 0.433 e. The van der Waals surface area contributed by atoms with E-state index in [1.807, 2.05) is 58.0 Å². The van der Waals surface area contributed by atoms with Gasteiger partial charge in [0.1, 0.15) is 0 Å². The summed E-state index contributed by atoms with van der Waals surface area (Å²) < 4.78 is 44.5. The molecule has 39 heavy (non-hydrogen) atoms. The Kier molecular flexibility index (Phi) is 6.49. The van der Waals surface area contributed by atoms with E-state index in [-0.39, 0.29) is 17.0 Å². The van der Waals surface area contributed by atoms with Gasteiger partial charge in [-0.2, -0.15) is 23.4 Å². The molecular formula is C29H27F3N6O. The van der Waals surface area contributed by atoms with Crippen LogP contribution < -0.4 is 5.32 Å². The number of alkyl halides is 3. The molecule has 3 heterocycles. The summed E-state index contributed by atoms with van der Waals surface area (Å²) in [6.45, 7) is 9.92. The van der Waals surface area contributed by atoms with Crippen LogP contribution in [0.3, 0.4) is 0 Å². The van der Waals surface area contributed by atoms with Crippen LogP contribution in [0.1, 0.15) is 49.8 Å². The molecule has 200 valence electrons. The Bertz CT molecular complexity index is 1710. The number of carbonyl (C=O) groups excluding carboxylic acids is 1. The number of benzene rings is 2. The molecule has 0 spiro atoms. The van der Waals surface area contributed by atoms with Crippen LogP contribution in [0.2, 0.25) is 0 Å². The summed E-state index contributed by atoms with van der Waals surface area (Å²) in [5.41, 5.74) is 5.37. The first-order chi connectivity index (χ1) is 18.4. The van der Waals surface area contributed by atoms with Gasteiger partial charge in [-0.05, 0) is 63.4 Å². The Labute approximate surface area is 223 Å². The van der Waals surface area contributed by atoms with Gasteiger partial charge in [-0.25, -0.2) is 9.50 Å². The molecule has 0 saturated carbocycles. The van der Waals surface area contributed by atoms with E-state index < -0.39 is 17.8 Å². The van der Waals surface area contributed by atoms with Crippen molar-refractivity contribution in [2.75, 3.05) is 5.32 Å². The van der Waals surface area contributed by atoms with E-state index in [1.54, 1.807) is 23.7 Å². The largest absolute Gasteiger partial charge is 0.433 e. The van der Waals surface area contributed by atoms with Crippen molar-refractivity contribution in [3.8, 4) is 11.3 Å². The van der Waals surface area contributed by atoms with E-state index in [0.717, 1.165) is 34.0 Å². The molecule has 7 nitrogen and oxygen atoms in total. The van der Waals surface area contributed by atoms with Crippen molar-refractivity contribution < 1.29 is 18.0 Å². The minimum Gasteiger partial charge on any atom is -0.317 e.